The van der Waals surface area contributed by atoms with E-state index in [1.807, 2.05) is 18.2 Å². The predicted octanol–water partition coefficient (Wildman–Crippen LogP) is 2.08. The number of carbonyl (C=O) groups excluding carboxylic acids is 1. The third-order valence-electron chi connectivity index (χ3n) is 3.83. The van der Waals surface area contributed by atoms with Crippen LogP contribution < -0.4 is 5.32 Å². The average Bonchev–Trinajstić information content (AvgIpc) is 3.09. The van der Waals surface area contributed by atoms with Crippen molar-refractivity contribution < 1.29 is 17.9 Å². The Bertz CT molecular complexity index is 832. The Morgan fingerprint density at radius 1 is 1.33 bits per heavy atom. The third-order valence-corrected chi connectivity index (χ3v) is 7.05. The van der Waals surface area contributed by atoms with Crippen molar-refractivity contribution in [3.63, 3.8) is 0 Å². The molecule has 0 saturated carbocycles. The molecule has 24 heavy (non-hydrogen) atoms. The van der Waals surface area contributed by atoms with E-state index in [1.165, 1.54) is 22.8 Å². The molecular formula is C16H18N2O4S2. The second kappa shape index (κ2) is 7.02. The van der Waals surface area contributed by atoms with Gasteiger partial charge in [0.25, 0.3) is 10.0 Å². The van der Waals surface area contributed by atoms with Crippen LogP contribution >= 0.6 is 11.3 Å². The summed E-state index contributed by atoms with van der Waals surface area (Å²) in [4.78, 5) is 11.6. The zero-order valence-electron chi connectivity index (χ0n) is 13.2. The Morgan fingerprint density at radius 3 is 2.88 bits per heavy atom. The molecule has 1 N–H and O–H groups in total. The summed E-state index contributed by atoms with van der Waals surface area (Å²) in [5.41, 5.74) is 2.67. The molecule has 0 saturated heterocycles. The number of nitrogens with zero attached hydrogens (tertiary/aromatic N) is 1. The van der Waals surface area contributed by atoms with E-state index in [1.54, 1.807) is 17.5 Å². The molecule has 0 aliphatic carbocycles. The SMILES string of the molecule is COCC(=O)Nc1ccc2c(c1)CN(S(=O)(=O)c1cccs1)CC2. The minimum absolute atomic E-state index is 0.0179. The van der Waals surface area contributed by atoms with Crippen LogP contribution in [0.15, 0.2) is 39.9 Å². The molecule has 0 atom stereocenters. The van der Waals surface area contributed by atoms with Crippen molar-refractivity contribution in [1.82, 2.24) is 4.31 Å². The van der Waals surface area contributed by atoms with E-state index in [0.717, 1.165) is 11.1 Å². The molecule has 1 aliphatic heterocycles. The van der Waals surface area contributed by atoms with Crippen LogP contribution in [0.2, 0.25) is 0 Å². The van der Waals surface area contributed by atoms with Gasteiger partial charge in [-0.15, -0.1) is 11.3 Å². The Balaban J connectivity index is 1.81. The van der Waals surface area contributed by atoms with E-state index in [2.05, 4.69) is 5.32 Å². The molecule has 1 aliphatic rings. The molecular weight excluding hydrogens is 348 g/mol. The van der Waals surface area contributed by atoms with Crippen molar-refractivity contribution in [2.75, 3.05) is 25.6 Å². The number of ether oxygens (including phenoxy) is 1. The number of nitrogens with one attached hydrogen (secondary N) is 1. The molecule has 3 rings (SSSR count). The van der Waals surface area contributed by atoms with E-state index in [0.29, 0.717) is 29.4 Å². The molecule has 0 spiro atoms. The maximum absolute atomic E-state index is 12.7. The lowest BCUT2D eigenvalue weighted by Gasteiger charge is -2.28. The van der Waals surface area contributed by atoms with Crippen molar-refractivity contribution in [2.45, 2.75) is 17.2 Å². The molecule has 8 heteroatoms. The highest BCUT2D eigenvalue weighted by molar-refractivity contribution is 7.91. The quantitative estimate of drug-likeness (QED) is 0.879. The van der Waals surface area contributed by atoms with Crippen LogP contribution in [0.1, 0.15) is 11.1 Å². The average molecular weight is 366 g/mol. The van der Waals surface area contributed by atoms with Gasteiger partial charge in [-0.05, 0) is 41.1 Å². The Hall–Kier alpha value is -1.74. The second-order valence-corrected chi connectivity index (χ2v) is 8.60. The first-order valence-corrected chi connectivity index (χ1v) is 9.77. The molecule has 2 heterocycles. The van der Waals surface area contributed by atoms with Gasteiger partial charge < -0.3 is 10.1 Å². The van der Waals surface area contributed by atoms with Crippen LogP contribution in [-0.2, 0) is 32.5 Å². The number of methoxy groups -OCH3 is 1. The fourth-order valence-electron chi connectivity index (χ4n) is 2.68. The summed E-state index contributed by atoms with van der Waals surface area (Å²) in [6, 6.07) is 8.96. The number of hydrogen-bond acceptors (Lipinski definition) is 5. The Labute approximate surface area is 145 Å². The van der Waals surface area contributed by atoms with Crippen LogP contribution in [0.4, 0.5) is 5.69 Å². The number of carbonyl (C=O) groups is 1. The molecule has 128 valence electrons. The van der Waals surface area contributed by atoms with Crippen LogP contribution in [0.3, 0.4) is 0 Å². The van der Waals surface area contributed by atoms with Gasteiger partial charge in [-0.1, -0.05) is 12.1 Å². The molecule has 1 aromatic heterocycles. The van der Waals surface area contributed by atoms with E-state index in [-0.39, 0.29) is 12.5 Å². The zero-order valence-corrected chi connectivity index (χ0v) is 14.8. The van der Waals surface area contributed by atoms with Gasteiger partial charge >= 0.3 is 0 Å². The fourth-order valence-corrected chi connectivity index (χ4v) is 5.24. The van der Waals surface area contributed by atoms with Gasteiger partial charge in [0.05, 0.1) is 0 Å². The highest BCUT2D eigenvalue weighted by Crippen LogP contribution is 2.28. The number of amides is 1. The van der Waals surface area contributed by atoms with E-state index < -0.39 is 10.0 Å². The number of benzene rings is 1. The molecule has 2 aromatic rings. The summed E-state index contributed by atoms with van der Waals surface area (Å²) in [5, 5.41) is 4.50. The highest BCUT2D eigenvalue weighted by atomic mass is 32.2. The number of rotatable bonds is 5. The van der Waals surface area contributed by atoms with E-state index in [4.69, 9.17) is 4.74 Å². The summed E-state index contributed by atoms with van der Waals surface area (Å²) in [5.74, 6) is -0.240. The largest absolute Gasteiger partial charge is 0.375 e. The summed E-state index contributed by atoms with van der Waals surface area (Å²) < 4.78 is 32.0. The number of thiophene rings is 1. The summed E-state index contributed by atoms with van der Waals surface area (Å²) in [6.07, 6.45) is 0.659. The van der Waals surface area contributed by atoms with Crippen LogP contribution in [0.5, 0.6) is 0 Å². The lowest BCUT2D eigenvalue weighted by atomic mass is 10.0. The van der Waals surface area contributed by atoms with Crippen LogP contribution in [-0.4, -0.2) is 38.9 Å². The third kappa shape index (κ3) is 3.51. The number of fused-ring (bicyclic) bond motifs is 1. The molecule has 0 unspecified atom stereocenters. The number of hydrogen-bond donors (Lipinski definition) is 1. The molecule has 0 fully saturated rings. The molecule has 6 nitrogen and oxygen atoms in total. The predicted molar refractivity (Wildman–Crippen MR) is 92.6 cm³/mol. The van der Waals surface area contributed by atoms with Gasteiger partial charge in [0, 0.05) is 25.9 Å². The number of sulfonamides is 1. The Kier molecular flexibility index (Phi) is 5.00. The van der Waals surface area contributed by atoms with Crippen LogP contribution in [0, 0.1) is 0 Å². The standard InChI is InChI=1S/C16H18N2O4S2/c1-22-11-15(19)17-14-5-4-12-6-7-18(10-13(12)9-14)24(20,21)16-3-2-8-23-16/h2-5,8-9H,6-7,10-11H2,1H3,(H,17,19). The second-order valence-electron chi connectivity index (χ2n) is 5.49. The first kappa shape index (κ1) is 17.1. The van der Waals surface area contributed by atoms with Crippen LogP contribution in [0.25, 0.3) is 0 Å². The lowest BCUT2D eigenvalue weighted by molar-refractivity contribution is -0.119. The summed E-state index contributed by atoms with van der Waals surface area (Å²) in [7, 11) is -2.00. The maximum Gasteiger partial charge on any atom is 0.252 e. The first-order chi connectivity index (χ1) is 11.5. The van der Waals surface area contributed by atoms with Gasteiger partial charge in [0.1, 0.15) is 10.8 Å². The monoisotopic (exact) mass is 366 g/mol. The normalized spacial score (nSPS) is 15.0. The number of anilines is 1. The van der Waals surface area contributed by atoms with Gasteiger partial charge in [0.15, 0.2) is 0 Å². The highest BCUT2D eigenvalue weighted by Gasteiger charge is 2.29. The van der Waals surface area contributed by atoms with E-state index >= 15 is 0 Å². The molecule has 1 amide bonds. The molecule has 1 aromatic carbocycles. The van der Waals surface area contributed by atoms with Crippen molar-refractivity contribution >= 4 is 33.0 Å². The minimum Gasteiger partial charge on any atom is -0.375 e. The van der Waals surface area contributed by atoms with Gasteiger partial charge in [-0.25, -0.2) is 8.42 Å². The van der Waals surface area contributed by atoms with Crippen molar-refractivity contribution in [3.05, 3.63) is 46.8 Å². The topological polar surface area (TPSA) is 75.7 Å². The fraction of sp³-hybridized carbons (Fsp3) is 0.312. The van der Waals surface area contributed by atoms with Gasteiger partial charge in [-0.3, -0.25) is 4.79 Å². The zero-order chi connectivity index (χ0) is 17.2. The first-order valence-electron chi connectivity index (χ1n) is 7.45. The molecule has 0 bridgehead atoms. The van der Waals surface area contributed by atoms with Crippen molar-refractivity contribution in [2.24, 2.45) is 0 Å². The lowest BCUT2D eigenvalue weighted by Crippen LogP contribution is -2.35. The summed E-state index contributed by atoms with van der Waals surface area (Å²) in [6.45, 7) is 0.752. The molecule has 0 radical (unpaired) electrons. The van der Waals surface area contributed by atoms with Crippen molar-refractivity contribution in [1.29, 1.82) is 0 Å². The summed E-state index contributed by atoms with van der Waals surface area (Å²) >= 11 is 1.22. The van der Waals surface area contributed by atoms with E-state index in [9.17, 15) is 13.2 Å². The Morgan fingerprint density at radius 2 is 2.17 bits per heavy atom. The smallest absolute Gasteiger partial charge is 0.252 e. The maximum atomic E-state index is 12.7. The van der Waals surface area contributed by atoms with Gasteiger partial charge in [0.2, 0.25) is 5.91 Å². The minimum atomic E-state index is -3.46. The van der Waals surface area contributed by atoms with Gasteiger partial charge in [-0.2, -0.15) is 4.31 Å². The van der Waals surface area contributed by atoms with Crippen molar-refractivity contribution in [3.8, 4) is 0 Å².